The molecule has 0 fully saturated rings. The summed E-state index contributed by atoms with van der Waals surface area (Å²) in [7, 11) is 0. The standard InChI is InChI=1S/C26H24N2O2/c1-3-17-5-11-25(29)21(13-17)19-7-9-23(27-15-19)24-10-8-20(16-28-24)22-14-18(4-2)6-12-26(22)30/h5-16,29-30H,3-4H2,1-2H3. The minimum Gasteiger partial charge on any atom is -0.507 e. The summed E-state index contributed by atoms with van der Waals surface area (Å²) in [6, 6.07) is 19.0. The van der Waals surface area contributed by atoms with Crippen LogP contribution < -0.4 is 0 Å². The number of aromatic hydroxyl groups is 2. The van der Waals surface area contributed by atoms with Gasteiger partial charge in [0.15, 0.2) is 0 Å². The maximum Gasteiger partial charge on any atom is 0.123 e. The van der Waals surface area contributed by atoms with E-state index < -0.39 is 0 Å². The Labute approximate surface area is 176 Å². The molecule has 0 saturated heterocycles. The Balaban J connectivity index is 1.61. The molecule has 0 aliphatic carbocycles. The van der Waals surface area contributed by atoms with Crippen LogP contribution in [0, 0.1) is 0 Å². The van der Waals surface area contributed by atoms with Gasteiger partial charge in [0.25, 0.3) is 0 Å². The van der Waals surface area contributed by atoms with Gasteiger partial charge in [0.2, 0.25) is 0 Å². The first kappa shape index (κ1) is 19.6. The Hall–Kier alpha value is -3.66. The summed E-state index contributed by atoms with van der Waals surface area (Å²) in [6.45, 7) is 4.18. The quantitative estimate of drug-likeness (QED) is 0.433. The molecule has 0 aliphatic heterocycles. The maximum absolute atomic E-state index is 10.2. The lowest BCUT2D eigenvalue weighted by Crippen LogP contribution is -1.91. The summed E-state index contributed by atoms with van der Waals surface area (Å²) < 4.78 is 0. The number of aromatic nitrogens is 2. The number of hydrogen-bond donors (Lipinski definition) is 2. The van der Waals surface area contributed by atoms with Gasteiger partial charge in [0.1, 0.15) is 11.5 Å². The van der Waals surface area contributed by atoms with Gasteiger partial charge in [0, 0.05) is 34.6 Å². The summed E-state index contributed by atoms with van der Waals surface area (Å²) in [5.41, 5.74) is 7.13. The van der Waals surface area contributed by atoms with E-state index in [-0.39, 0.29) is 11.5 Å². The Bertz CT molecular complexity index is 1070. The largest absolute Gasteiger partial charge is 0.507 e. The van der Waals surface area contributed by atoms with Gasteiger partial charge in [-0.05, 0) is 60.4 Å². The van der Waals surface area contributed by atoms with Gasteiger partial charge in [-0.15, -0.1) is 0 Å². The number of phenolic OH excluding ortho intramolecular Hbond substituents is 2. The van der Waals surface area contributed by atoms with E-state index in [0.717, 1.165) is 46.5 Å². The maximum atomic E-state index is 10.2. The van der Waals surface area contributed by atoms with Gasteiger partial charge in [-0.3, -0.25) is 9.97 Å². The number of rotatable bonds is 5. The predicted octanol–water partition coefficient (Wildman–Crippen LogP) is 6.01. The van der Waals surface area contributed by atoms with E-state index in [1.165, 1.54) is 11.1 Å². The molecule has 0 spiro atoms. The fourth-order valence-electron chi connectivity index (χ4n) is 3.48. The molecule has 2 heterocycles. The Kier molecular flexibility index (Phi) is 5.48. The van der Waals surface area contributed by atoms with E-state index in [0.29, 0.717) is 0 Å². The van der Waals surface area contributed by atoms with Gasteiger partial charge in [-0.1, -0.05) is 38.1 Å². The van der Waals surface area contributed by atoms with E-state index in [1.54, 1.807) is 24.5 Å². The zero-order chi connectivity index (χ0) is 21.1. The van der Waals surface area contributed by atoms with Crippen molar-refractivity contribution in [2.75, 3.05) is 0 Å². The van der Waals surface area contributed by atoms with Crippen molar-refractivity contribution in [3.05, 3.63) is 84.2 Å². The van der Waals surface area contributed by atoms with Crippen molar-refractivity contribution in [2.24, 2.45) is 0 Å². The summed E-state index contributed by atoms with van der Waals surface area (Å²) in [5.74, 6) is 0.497. The number of aryl methyl sites for hydroxylation is 2. The smallest absolute Gasteiger partial charge is 0.123 e. The zero-order valence-corrected chi connectivity index (χ0v) is 17.1. The van der Waals surface area contributed by atoms with Crippen LogP contribution in [-0.4, -0.2) is 20.2 Å². The zero-order valence-electron chi connectivity index (χ0n) is 17.1. The second-order valence-electron chi connectivity index (χ2n) is 7.27. The number of pyridine rings is 2. The molecule has 30 heavy (non-hydrogen) atoms. The van der Waals surface area contributed by atoms with E-state index in [1.807, 2.05) is 48.5 Å². The molecule has 2 aromatic carbocycles. The third kappa shape index (κ3) is 3.90. The van der Waals surface area contributed by atoms with Gasteiger partial charge in [0.05, 0.1) is 11.4 Å². The van der Waals surface area contributed by atoms with Gasteiger partial charge in [-0.2, -0.15) is 0 Å². The molecule has 0 amide bonds. The second kappa shape index (κ2) is 8.37. The van der Waals surface area contributed by atoms with Crippen molar-refractivity contribution < 1.29 is 10.2 Å². The first-order valence-corrected chi connectivity index (χ1v) is 10.2. The fourth-order valence-corrected chi connectivity index (χ4v) is 3.48. The topological polar surface area (TPSA) is 66.2 Å². The third-order valence-corrected chi connectivity index (χ3v) is 5.35. The van der Waals surface area contributed by atoms with Crippen LogP contribution in [0.1, 0.15) is 25.0 Å². The van der Waals surface area contributed by atoms with Gasteiger partial charge in [-0.25, -0.2) is 0 Å². The van der Waals surface area contributed by atoms with Crippen molar-refractivity contribution in [3.63, 3.8) is 0 Å². The van der Waals surface area contributed by atoms with Crippen molar-refractivity contribution in [3.8, 4) is 45.1 Å². The predicted molar refractivity (Wildman–Crippen MR) is 120 cm³/mol. The molecule has 4 heteroatoms. The van der Waals surface area contributed by atoms with Crippen LogP contribution in [0.5, 0.6) is 11.5 Å². The molecule has 0 aliphatic rings. The Morgan fingerprint density at radius 2 is 1.03 bits per heavy atom. The van der Waals surface area contributed by atoms with E-state index in [2.05, 4.69) is 23.8 Å². The molecule has 0 radical (unpaired) electrons. The normalized spacial score (nSPS) is 10.9. The average Bonchev–Trinajstić information content (AvgIpc) is 2.80. The van der Waals surface area contributed by atoms with Crippen molar-refractivity contribution in [1.29, 1.82) is 0 Å². The molecule has 0 atom stereocenters. The fraction of sp³-hybridized carbons (Fsp3) is 0.154. The van der Waals surface area contributed by atoms with Crippen LogP contribution in [0.4, 0.5) is 0 Å². The van der Waals surface area contributed by atoms with E-state index in [9.17, 15) is 10.2 Å². The van der Waals surface area contributed by atoms with Crippen LogP contribution >= 0.6 is 0 Å². The van der Waals surface area contributed by atoms with Crippen LogP contribution in [0.25, 0.3) is 33.6 Å². The molecule has 4 nitrogen and oxygen atoms in total. The lowest BCUT2D eigenvalue weighted by molar-refractivity contribution is 0.476. The van der Waals surface area contributed by atoms with Crippen molar-refractivity contribution >= 4 is 0 Å². The Morgan fingerprint density at radius 1 is 0.600 bits per heavy atom. The number of benzene rings is 2. The van der Waals surface area contributed by atoms with Gasteiger partial charge < -0.3 is 10.2 Å². The molecule has 2 N–H and O–H groups in total. The second-order valence-corrected chi connectivity index (χ2v) is 7.27. The highest BCUT2D eigenvalue weighted by molar-refractivity contribution is 5.73. The van der Waals surface area contributed by atoms with Crippen molar-refractivity contribution in [1.82, 2.24) is 9.97 Å². The molecule has 0 saturated carbocycles. The molecule has 4 rings (SSSR count). The lowest BCUT2D eigenvalue weighted by Gasteiger charge is -2.09. The first-order valence-electron chi connectivity index (χ1n) is 10.2. The highest BCUT2D eigenvalue weighted by Crippen LogP contribution is 2.32. The number of phenols is 2. The average molecular weight is 396 g/mol. The molecule has 2 aromatic heterocycles. The molecular formula is C26H24N2O2. The number of hydrogen-bond acceptors (Lipinski definition) is 4. The first-order chi connectivity index (χ1) is 14.6. The van der Waals surface area contributed by atoms with E-state index in [4.69, 9.17) is 0 Å². The number of nitrogens with zero attached hydrogens (tertiary/aromatic N) is 2. The summed E-state index contributed by atoms with van der Waals surface area (Å²) in [5, 5.41) is 20.4. The summed E-state index contributed by atoms with van der Waals surface area (Å²) >= 11 is 0. The van der Waals surface area contributed by atoms with E-state index >= 15 is 0 Å². The Morgan fingerprint density at radius 3 is 1.37 bits per heavy atom. The van der Waals surface area contributed by atoms with Gasteiger partial charge >= 0.3 is 0 Å². The molecule has 0 bridgehead atoms. The minimum atomic E-state index is 0.248. The highest BCUT2D eigenvalue weighted by Gasteiger charge is 2.09. The third-order valence-electron chi connectivity index (χ3n) is 5.35. The van der Waals surface area contributed by atoms with Crippen LogP contribution in [0.3, 0.4) is 0 Å². The molecule has 4 aromatic rings. The summed E-state index contributed by atoms with van der Waals surface area (Å²) in [6.07, 6.45) is 5.34. The van der Waals surface area contributed by atoms with Crippen LogP contribution in [-0.2, 0) is 12.8 Å². The highest BCUT2D eigenvalue weighted by atomic mass is 16.3. The lowest BCUT2D eigenvalue weighted by atomic mass is 10.0. The van der Waals surface area contributed by atoms with Crippen LogP contribution in [0.2, 0.25) is 0 Å². The summed E-state index contributed by atoms with van der Waals surface area (Å²) in [4.78, 5) is 9.09. The molecule has 0 unspecified atom stereocenters. The molecular weight excluding hydrogens is 372 g/mol. The van der Waals surface area contributed by atoms with Crippen LogP contribution in [0.15, 0.2) is 73.1 Å². The monoisotopic (exact) mass is 396 g/mol. The minimum absolute atomic E-state index is 0.248. The SMILES string of the molecule is CCc1ccc(O)c(-c2ccc(-c3ccc(-c4cc(CC)ccc4O)cn3)nc2)c1. The molecule has 150 valence electrons. The van der Waals surface area contributed by atoms with Crippen molar-refractivity contribution in [2.45, 2.75) is 26.7 Å².